The van der Waals surface area contributed by atoms with Gasteiger partial charge in [0.05, 0.1) is 0 Å². The lowest BCUT2D eigenvalue weighted by atomic mass is 10.1. The Morgan fingerprint density at radius 2 is 2.19 bits per heavy atom. The highest BCUT2D eigenvalue weighted by Gasteiger charge is 2.04. The molecule has 1 aromatic carbocycles. The van der Waals surface area contributed by atoms with Gasteiger partial charge in [0.25, 0.3) is 0 Å². The average molecular weight is 214 g/mol. The van der Waals surface area contributed by atoms with E-state index in [0.29, 0.717) is 0 Å². The Morgan fingerprint density at radius 1 is 1.31 bits per heavy atom. The minimum atomic E-state index is 0.832. The number of nitrogens with zero attached hydrogens (tertiary/aromatic N) is 1. The van der Waals surface area contributed by atoms with Crippen LogP contribution in [0.1, 0.15) is 18.4 Å². The van der Waals surface area contributed by atoms with Gasteiger partial charge in [-0.2, -0.15) is 0 Å². The van der Waals surface area contributed by atoms with E-state index in [1.54, 1.807) is 0 Å². The van der Waals surface area contributed by atoms with Gasteiger partial charge in [-0.25, -0.2) is 0 Å². The van der Waals surface area contributed by atoms with E-state index in [2.05, 4.69) is 36.2 Å². The van der Waals surface area contributed by atoms with E-state index in [0.717, 1.165) is 25.1 Å². The summed E-state index contributed by atoms with van der Waals surface area (Å²) in [5.41, 5.74) is 9.15. The maximum atomic E-state index is 5.77. The second-order valence-electron chi connectivity index (χ2n) is 4.21. The number of benzene rings is 1. The number of nitrogen functional groups attached to an aromatic ring is 1. The molecule has 2 rings (SSSR count). The van der Waals surface area contributed by atoms with E-state index in [-0.39, 0.29) is 0 Å². The smallest absolute Gasteiger partial charge is 0.0426 e. The van der Waals surface area contributed by atoms with Crippen LogP contribution in [0.5, 0.6) is 0 Å². The molecule has 0 bridgehead atoms. The van der Waals surface area contributed by atoms with Crippen LogP contribution >= 0.6 is 0 Å². The molecule has 0 saturated carbocycles. The van der Waals surface area contributed by atoms with Crippen molar-refractivity contribution in [3.63, 3.8) is 0 Å². The molecule has 1 aromatic rings. The summed E-state index contributed by atoms with van der Waals surface area (Å²) in [6.45, 7) is 0.904. The number of hydrogen-bond acceptors (Lipinski definition) is 2. The Balaban J connectivity index is 2.04. The summed E-state index contributed by atoms with van der Waals surface area (Å²) in [7, 11) is 2.12. The summed E-state index contributed by atoms with van der Waals surface area (Å²) in [4.78, 5) is 2.25. The van der Waals surface area contributed by atoms with Gasteiger partial charge in [-0.05, 0) is 36.6 Å². The monoisotopic (exact) mass is 214 g/mol. The Morgan fingerprint density at radius 3 is 2.88 bits per heavy atom. The summed E-state index contributed by atoms with van der Waals surface area (Å²) in [6.07, 6.45) is 9.01. The summed E-state index contributed by atoms with van der Waals surface area (Å²) >= 11 is 0. The van der Waals surface area contributed by atoms with Crippen molar-refractivity contribution in [3.8, 4) is 0 Å². The molecule has 0 fully saturated rings. The number of anilines is 1. The van der Waals surface area contributed by atoms with Gasteiger partial charge in [0.1, 0.15) is 0 Å². The molecule has 0 atom stereocenters. The van der Waals surface area contributed by atoms with Gasteiger partial charge >= 0.3 is 0 Å². The minimum absolute atomic E-state index is 0.832. The van der Waals surface area contributed by atoms with Crippen LogP contribution in [-0.4, -0.2) is 11.9 Å². The number of nitrogens with two attached hydrogens (primary N) is 1. The number of rotatable bonds is 3. The Labute approximate surface area is 97.1 Å². The molecule has 0 aromatic heterocycles. The van der Waals surface area contributed by atoms with Crippen molar-refractivity contribution in [1.29, 1.82) is 0 Å². The van der Waals surface area contributed by atoms with E-state index >= 15 is 0 Å². The molecule has 16 heavy (non-hydrogen) atoms. The zero-order valence-electron chi connectivity index (χ0n) is 9.69. The highest BCUT2D eigenvalue weighted by molar-refractivity contribution is 5.40. The average Bonchev–Trinajstić information content (AvgIpc) is 2.30. The van der Waals surface area contributed by atoms with Crippen molar-refractivity contribution in [2.75, 3.05) is 12.8 Å². The summed E-state index contributed by atoms with van der Waals surface area (Å²) in [6, 6.07) is 8.07. The first-order valence-electron chi connectivity index (χ1n) is 5.68. The molecule has 2 N–H and O–H groups in total. The van der Waals surface area contributed by atoms with Crippen LogP contribution in [0.25, 0.3) is 0 Å². The topological polar surface area (TPSA) is 29.3 Å². The molecule has 0 saturated heterocycles. The van der Waals surface area contributed by atoms with E-state index in [9.17, 15) is 0 Å². The van der Waals surface area contributed by atoms with Crippen LogP contribution in [0, 0.1) is 0 Å². The van der Waals surface area contributed by atoms with Crippen LogP contribution < -0.4 is 5.73 Å². The Hall–Kier alpha value is -1.70. The van der Waals surface area contributed by atoms with Crippen LogP contribution in [0.3, 0.4) is 0 Å². The maximum absolute atomic E-state index is 5.77. The van der Waals surface area contributed by atoms with Crippen molar-refractivity contribution in [2.45, 2.75) is 19.4 Å². The second kappa shape index (κ2) is 4.88. The zero-order valence-corrected chi connectivity index (χ0v) is 9.69. The normalized spacial score (nSPS) is 14.7. The first-order valence-corrected chi connectivity index (χ1v) is 5.68. The molecule has 2 nitrogen and oxygen atoms in total. The number of allylic oxidation sites excluding steroid dienone is 3. The number of likely N-dealkylation sites (N-methyl/N-ethyl adjacent to an activating group) is 1. The molecule has 0 aliphatic heterocycles. The molecule has 0 radical (unpaired) electrons. The molecular formula is C14H18N2. The molecule has 0 heterocycles. The summed E-state index contributed by atoms with van der Waals surface area (Å²) in [5.74, 6) is 0. The Kier molecular flexibility index (Phi) is 3.30. The Bertz CT molecular complexity index is 418. The lowest BCUT2D eigenvalue weighted by molar-refractivity contribution is 0.421. The fourth-order valence-electron chi connectivity index (χ4n) is 1.94. The molecule has 84 valence electrons. The van der Waals surface area contributed by atoms with Crippen LogP contribution in [0.15, 0.2) is 48.2 Å². The molecule has 0 spiro atoms. The van der Waals surface area contributed by atoms with Gasteiger partial charge < -0.3 is 10.6 Å². The minimum Gasteiger partial charge on any atom is -0.399 e. The molecular weight excluding hydrogens is 196 g/mol. The number of hydrogen-bond donors (Lipinski definition) is 1. The largest absolute Gasteiger partial charge is 0.399 e. The van der Waals surface area contributed by atoms with E-state index in [1.165, 1.54) is 11.3 Å². The van der Waals surface area contributed by atoms with Gasteiger partial charge in [0.15, 0.2) is 0 Å². The first-order chi connectivity index (χ1) is 7.75. The molecule has 2 heteroatoms. The van der Waals surface area contributed by atoms with Crippen molar-refractivity contribution in [2.24, 2.45) is 0 Å². The lowest BCUT2D eigenvalue weighted by Gasteiger charge is -2.22. The predicted molar refractivity (Wildman–Crippen MR) is 68.8 cm³/mol. The predicted octanol–water partition coefficient (Wildman–Crippen LogP) is 2.93. The summed E-state index contributed by atoms with van der Waals surface area (Å²) in [5, 5.41) is 0. The molecule has 0 unspecified atom stereocenters. The van der Waals surface area contributed by atoms with Crippen LogP contribution in [0.4, 0.5) is 5.69 Å². The van der Waals surface area contributed by atoms with Gasteiger partial charge in [-0.1, -0.05) is 24.3 Å². The third kappa shape index (κ3) is 2.66. The molecule has 1 aliphatic carbocycles. The lowest BCUT2D eigenvalue weighted by Crippen LogP contribution is -2.16. The van der Waals surface area contributed by atoms with E-state index in [1.807, 2.05) is 18.2 Å². The third-order valence-corrected chi connectivity index (χ3v) is 2.79. The van der Waals surface area contributed by atoms with E-state index in [4.69, 9.17) is 5.73 Å². The first kappa shape index (κ1) is 10.8. The second-order valence-corrected chi connectivity index (χ2v) is 4.21. The van der Waals surface area contributed by atoms with Crippen LogP contribution in [-0.2, 0) is 6.54 Å². The zero-order chi connectivity index (χ0) is 11.4. The van der Waals surface area contributed by atoms with Crippen molar-refractivity contribution in [1.82, 2.24) is 4.90 Å². The summed E-state index contributed by atoms with van der Waals surface area (Å²) < 4.78 is 0. The molecule has 0 amide bonds. The highest BCUT2D eigenvalue weighted by atomic mass is 15.1. The standard InChI is InChI=1S/C14H18N2/c1-16(14-8-3-2-4-9-14)11-12-6-5-7-13(15)10-12/h3,5-10H,2,4,11,15H2,1H3. The van der Waals surface area contributed by atoms with Crippen molar-refractivity contribution >= 4 is 5.69 Å². The van der Waals surface area contributed by atoms with Gasteiger partial charge in [-0.15, -0.1) is 0 Å². The van der Waals surface area contributed by atoms with Crippen molar-refractivity contribution in [3.05, 3.63) is 53.8 Å². The highest BCUT2D eigenvalue weighted by Crippen LogP contribution is 2.16. The van der Waals surface area contributed by atoms with Crippen molar-refractivity contribution < 1.29 is 0 Å². The third-order valence-electron chi connectivity index (χ3n) is 2.79. The van der Waals surface area contributed by atoms with Crippen LogP contribution in [0.2, 0.25) is 0 Å². The fourth-order valence-corrected chi connectivity index (χ4v) is 1.94. The quantitative estimate of drug-likeness (QED) is 0.784. The fraction of sp³-hybridized carbons (Fsp3) is 0.286. The van der Waals surface area contributed by atoms with E-state index < -0.39 is 0 Å². The van der Waals surface area contributed by atoms with Gasteiger partial charge in [-0.3, -0.25) is 0 Å². The SMILES string of the molecule is CN(Cc1cccc(N)c1)C1=CCCC=C1. The van der Waals surface area contributed by atoms with Gasteiger partial charge in [0, 0.05) is 25.0 Å². The van der Waals surface area contributed by atoms with Gasteiger partial charge in [0.2, 0.25) is 0 Å². The maximum Gasteiger partial charge on any atom is 0.0426 e. The molecule has 1 aliphatic rings.